The lowest BCUT2D eigenvalue weighted by Crippen LogP contribution is -2.46. The molecule has 1 amide bonds. The molecule has 88 valence electrons. The van der Waals surface area contributed by atoms with Crippen LogP contribution in [0, 0.1) is 5.92 Å². The van der Waals surface area contributed by atoms with E-state index in [0.717, 1.165) is 32.4 Å². The molecule has 0 aromatic heterocycles. The summed E-state index contributed by atoms with van der Waals surface area (Å²) >= 11 is 0. The summed E-state index contributed by atoms with van der Waals surface area (Å²) in [6.07, 6.45) is 2.95. The lowest BCUT2D eigenvalue weighted by Gasteiger charge is -2.25. The van der Waals surface area contributed by atoms with E-state index in [0.29, 0.717) is 5.92 Å². The Labute approximate surface area is 92.0 Å². The van der Waals surface area contributed by atoms with Crippen LogP contribution in [0.1, 0.15) is 33.1 Å². The molecular weight excluding hydrogens is 190 g/mol. The van der Waals surface area contributed by atoms with Crippen LogP contribution < -0.4 is 11.5 Å². The minimum absolute atomic E-state index is 0.0804. The van der Waals surface area contributed by atoms with Crippen molar-refractivity contribution in [1.29, 1.82) is 0 Å². The van der Waals surface area contributed by atoms with Crippen LogP contribution in [0.5, 0.6) is 0 Å². The van der Waals surface area contributed by atoms with Gasteiger partial charge in [-0.25, -0.2) is 0 Å². The lowest BCUT2D eigenvalue weighted by atomic mass is 10.0. The highest BCUT2D eigenvalue weighted by atomic mass is 16.1. The van der Waals surface area contributed by atoms with Crippen molar-refractivity contribution in [3.05, 3.63) is 0 Å². The van der Waals surface area contributed by atoms with Gasteiger partial charge in [0.1, 0.15) is 0 Å². The third-order valence-corrected chi connectivity index (χ3v) is 2.94. The standard InChI is InChI=1S/C11H23N3O/c1-8(2)6-9(12)7-14-5-3-4-10(14)11(13)15/h8-10H,3-7,12H2,1-2H3,(H2,13,15)/t9?,10-/m0/s1. The highest BCUT2D eigenvalue weighted by Crippen LogP contribution is 2.17. The number of amides is 1. The molecule has 0 aromatic rings. The molecule has 1 unspecified atom stereocenters. The zero-order valence-corrected chi connectivity index (χ0v) is 9.78. The van der Waals surface area contributed by atoms with E-state index in [1.54, 1.807) is 0 Å². The van der Waals surface area contributed by atoms with Crippen LogP contribution in [-0.2, 0) is 4.79 Å². The molecule has 15 heavy (non-hydrogen) atoms. The maximum absolute atomic E-state index is 11.2. The zero-order chi connectivity index (χ0) is 11.4. The monoisotopic (exact) mass is 213 g/mol. The topological polar surface area (TPSA) is 72.3 Å². The fraction of sp³-hybridized carbons (Fsp3) is 0.909. The van der Waals surface area contributed by atoms with E-state index >= 15 is 0 Å². The molecule has 2 atom stereocenters. The number of rotatable bonds is 5. The van der Waals surface area contributed by atoms with Crippen LogP contribution in [0.15, 0.2) is 0 Å². The van der Waals surface area contributed by atoms with Crippen molar-refractivity contribution in [2.45, 2.75) is 45.2 Å². The maximum atomic E-state index is 11.2. The van der Waals surface area contributed by atoms with E-state index in [2.05, 4.69) is 18.7 Å². The van der Waals surface area contributed by atoms with Gasteiger partial charge in [-0.1, -0.05) is 13.8 Å². The molecule has 0 aliphatic carbocycles. The minimum Gasteiger partial charge on any atom is -0.368 e. The first kappa shape index (κ1) is 12.5. The first-order valence-corrected chi connectivity index (χ1v) is 5.79. The van der Waals surface area contributed by atoms with Crippen LogP contribution in [-0.4, -0.2) is 36.0 Å². The number of carbonyl (C=O) groups excluding carboxylic acids is 1. The molecule has 1 saturated heterocycles. The Morgan fingerprint density at radius 3 is 2.73 bits per heavy atom. The Kier molecular flexibility index (Phi) is 4.54. The largest absolute Gasteiger partial charge is 0.368 e. The molecule has 4 heteroatoms. The van der Waals surface area contributed by atoms with Gasteiger partial charge in [0.25, 0.3) is 0 Å². The molecular formula is C11H23N3O. The molecule has 1 rings (SSSR count). The van der Waals surface area contributed by atoms with Gasteiger partial charge in [-0.3, -0.25) is 9.69 Å². The van der Waals surface area contributed by atoms with Gasteiger partial charge in [0.2, 0.25) is 5.91 Å². The van der Waals surface area contributed by atoms with Crippen LogP contribution in [0.3, 0.4) is 0 Å². The number of likely N-dealkylation sites (tertiary alicyclic amines) is 1. The first-order chi connectivity index (χ1) is 7.00. The van der Waals surface area contributed by atoms with Crippen molar-refractivity contribution in [3.63, 3.8) is 0 Å². The Hall–Kier alpha value is -0.610. The van der Waals surface area contributed by atoms with Crippen LogP contribution >= 0.6 is 0 Å². The first-order valence-electron chi connectivity index (χ1n) is 5.79. The summed E-state index contributed by atoms with van der Waals surface area (Å²) < 4.78 is 0. The number of hydrogen-bond acceptors (Lipinski definition) is 3. The van der Waals surface area contributed by atoms with Gasteiger partial charge in [-0.2, -0.15) is 0 Å². The second kappa shape index (κ2) is 5.47. The smallest absolute Gasteiger partial charge is 0.234 e. The van der Waals surface area contributed by atoms with Gasteiger partial charge in [0, 0.05) is 12.6 Å². The summed E-state index contributed by atoms with van der Waals surface area (Å²) in [5.41, 5.74) is 11.4. The number of hydrogen-bond donors (Lipinski definition) is 2. The Balaban J connectivity index is 2.39. The molecule has 4 nitrogen and oxygen atoms in total. The van der Waals surface area contributed by atoms with Gasteiger partial charge < -0.3 is 11.5 Å². The van der Waals surface area contributed by atoms with E-state index in [1.165, 1.54) is 0 Å². The second-order valence-electron chi connectivity index (χ2n) is 4.94. The summed E-state index contributed by atoms with van der Waals surface area (Å²) in [5.74, 6) is 0.402. The van der Waals surface area contributed by atoms with E-state index in [9.17, 15) is 4.79 Å². The quantitative estimate of drug-likeness (QED) is 0.690. The predicted molar refractivity (Wildman–Crippen MR) is 61.2 cm³/mol. The van der Waals surface area contributed by atoms with E-state index in [-0.39, 0.29) is 18.0 Å². The number of carbonyl (C=O) groups is 1. The van der Waals surface area contributed by atoms with Crippen LogP contribution in [0.25, 0.3) is 0 Å². The summed E-state index contributed by atoms with van der Waals surface area (Å²) in [4.78, 5) is 13.3. The molecule has 0 bridgehead atoms. The Bertz CT molecular complexity index is 218. The summed E-state index contributed by atoms with van der Waals surface area (Å²) in [6.45, 7) is 6.08. The maximum Gasteiger partial charge on any atom is 0.234 e. The summed E-state index contributed by atoms with van der Waals surface area (Å²) in [7, 11) is 0. The number of nitrogens with two attached hydrogens (primary N) is 2. The van der Waals surface area contributed by atoms with Crippen LogP contribution in [0.2, 0.25) is 0 Å². The zero-order valence-electron chi connectivity index (χ0n) is 9.78. The summed E-state index contributed by atoms with van der Waals surface area (Å²) in [5, 5.41) is 0. The van der Waals surface area contributed by atoms with E-state index in [1.807, 2.05) is 0 Å². The highest BCUT2D eigenvalue weighted by molar-refractivity contribution is 5.80. The predicted octanol–water partition coefficient (Wildman–Crippen LogP) is 0.310. The van der Waals surface area contributed by atoms with Crippen molar-refractivity contribution in [1.82, 2.24) is 4.90 Å². The summed E-state index contributed by atoms with van der Waals surface area (Å²) in [6, 6.07) is 0.0770. The van der Waals surface area contributed by atoms with Gasteiger partial charge in [0.05, 0.1) is 6.04 Å². The molecule has 1 heterocycles. The fourth-order valence-corrected chi connectivity index (χ4v) is 2.35. The molecule has 4 N–H and O–H groups in total. The average molecular weight is 213 g/mol. The van der Waals surface area contributed by atoms with Crippen molar-refractivity contribution < 1.29 is 4.79 Å². The third-order valence-electron chi connectivity index (χ3n) is 2.94. The second-order valence-corrected chi connectivity index (χ2v) is 4.94. The Morgan fingerprint density at radius 2 is 2.20 bits per heavy atom. The van der Waals surface area contributed by atoms with Crippen LogP contribution in [0.4, 0.5) is 0 Å². The normalized spacial score (nSPS) is 24.7. The minimum atomic E-state index is -0.204. The molecule has 1 aliphatic rings. The van der Waals surface area contributed by atoms with Gasteiger partial charge in [0.15, 0.2) is 0 Å². The molecule has 1 aliphatic heterocycles. The number of primary amides is 1. The van der Waals surface area contributed by atoms with Crippen molar-refractivity contribution in [2.75, 3.05) is 13.1 Å². The van der Waals surface area contributed by atoms with Gasteiger partial charge in [-0.15, -0.1) is 0 Å². The van der Waals surface area contributed by atoms with Gasteiger partial charge >= 0.3 is 0 Å². The van der Waals surface area contributed by atoms with E-state index in [4.69, 9.17) is 11.5 Å². The molecule has 0 spiro atoms. The Morgan fingerprint density at radius 1 is 1.53 bits per heavy atom. The SMILES string of the molecule is CC(C)CC(N)CN1CCC[C@H]1C(N)=O. The average Bonchev–Trinajstić information content (AvgIpc) is 2.50. The van der Waals surface area contributed by atoms with Crippen molar-refractivity contribution in [2.24, 2.45) is 17.4 Å². The van der Waals surface area contributed by atoms with Gasteiger partial charge in [-0.05, 0) is 31.7 Å². The molecule has 1 fully saturated rings. The van der Waals surface area contributed by atoms with Crippen molar-refractivity contribution in [3.8, 4) is 0 Å². The lowest BCUT2D eigenvalue weighted by molar-refractivity contribution is -0.122. The molecule has 0 radical (unpaired) electrons. The number of nitrogens with zero attached hydrogens (tertiary/aromatic N) is 1. The van der Waals surface area contributed by atoms with E-state index < -0.39 is 0 Å². The molecule has 0 aromatic carbocycles. The molecule has 0 saturated carbocycles. The van der Waals surface area contributed by atoms with Crippen molar-refractivity contribution >= 4 is 5.91 Å². The third kappa shape index (κ3) is 3.80. The highest BCUT2D eigenvalue weighted by Gasteiger charge is 2.29. The fourth-order valence-electron chi connectivity index (χ4n) is 2.35.